The van der Waals surface area contributed by atoms with Gasteiger partial charge in [-0.15, -0.1) is 0 Å². The fourth-order valence-electron chi connectivity index (χ4n) is 1.86. The molecule has 0 fully saturated rings. The summed E-state index contributed by atoms with van der Waals surface area (Å²) in [7, 11) is 1.58. The number of aryl methyl sites for hydroxylation is 1. The second kappa shape index (κ2) is 6.64. The van der Waals surface area contributed by atoms with Crippen molar-refractivity contribution in [3.05, 3.63) is 23.8 Å². The summed E-state index contributed by atoms with van der Waals surface area (Å²) in [4.78, 5) is 29.2. The summed E-state index contributed by atoms with van der Waals surface area (Å²) in [5.74, 6) is -0.411. The summed E-state index contributed by atoms with van der Waals surface area (Å²) in [5, 5.41) is 3.26. The smallest absolute Gasteiger partial charge is 0.245 e. The molecule has 112 valence electrons. The summed E-state index contributed by atoms with van der Waals surface area (Å²) in [6.45, 7) is 2.28. The molecule has 0 aliphatic heterocycles. The Morgan fingerprint density at radius 2 is 2.19 bits per heavy atom. The van der Waals surface area contributed by atoms with E-state index >= 15 is 0 Å². The minimum Gasteiger partial charge on any atom is -0.336 e. The quantitative estimate of drug-likeness (QED) is 0.873. The molecule has 0 atom stereocenters. The number of carbonyl (C=O) groups is 2. The molecule has 6 nitrogen and oxygen atoms in total. The van der Waals surface area contributed by atoms with E-state index in [2.05, 4.69) is 10.3 Å². The van der Waals surface area contributed by atoms with Gasteiger partial charge in [-0.05, 0) is 24.6 Å². The highest BCUT2D eigenvalue weighted by Gasteiger charge is 2.13. The molecule has 2 aromatic rings. The van der Waals surface area contributed by atoms with Gasteiger partial charge < -0.3 is 16.0 Å². The normalized spacial score (nSPS) is 10.6. The maximum absolute atomic E-state index is 11.9. The van der Waals surface area contributed by atoms with Crippen molar-refractivity contribution < 1.29 is 9.59 Å². The van der Waals surface area contributed by atoms with Crippen LogP contribution in [0.2, 0.25) is 0 Å². The largest absolute Gasteiger partial charge is 0.336 e. The van der Waals surface area contributed by atoms with Crippen LogP contribution in [-0.2, 0) is 9.59 Å². The van der Waals surface area contributed by atoms with Crippen molar-refractivity contribution in [3.8, 4) is 0 Å². The Labute approximate surface area is 127 Å². The molecule has 1 heterocycles. The molecule has 7 heteroatoms. The number of hydrogen-bond acceptors (Lipinski definition) is 5. The topological polar surface area (TPSA) is 88.3 Å². The average Bonchev–Trinajstić information content (AvgIpc) is 2.79. The average molecular weight is 306 g/mol. The molecule has 2 amide bonds. The minimum atomic E-state index is -0.265. The Morgan fingerprint density at radius 3 is 2.90 bits per heavy atom. The zero-order chi connectivity index (χ0) is 15.4. The zero-order valence-electron chi connectivity index (χ0n) is 12.0. The van der Waals surface area contributed by atoms with Crippen LogP contribution in [0.1, 0.15) is 12.0 Å². The molecule has 0 radical (unpaired) electrons. The van der Waals surface area contributed by atoms with E-state index < -0.39 is 0 Å². The van der Waals surface area contributed by atoms with Gasteiger partial charge in [0.1, 0.15) is 0 Å². The Bertz CT molecular complexity index is 668. The number of carbonyl (C=O) groups excluding carboxylic acids is 2. The summed E-state index contributed by atoms with van der Waals surface area (Å²) < 4.78 is 1.03. The van der Waals surface area contributed by atoms with Crippen molar-refractivity contribution in [1.29, 1.82) is 0 Å². The molecule has 0 spiro atoms. The van der Waals surface area contributed by atoms with Crippen LogP contribution in [0, 0.1) is 6.92 Å². The molecule has 0 saturated carbocycles. The number of nitrogens with zero attached hydrogens (tertiary/aromatic N) is 2. The number of nitrogens with two attached hydrogens (primary N) is 1. The van der Waals surface area contributed by atoms with E-state index in [4.69, 9.17) is 5.73 Å². The van der Waals surface area contributed by atoms with E-state index in [9.17, 15) is 9.59 Å². The van der Waals surface area contributed by atoms with Gasteiger partial charge in [0.05, 0.1) is 16.8 Å². The molecule has 2 rings (SSSR count). The highest BCUT2D eigenvalue weighted by molar-refractivity contribution is 7.22. The number of anilines is 1. The third-order valence-electron chi connectivity index (χ3n) is 2.96. The number of amides is 2. The van der Waals surface area contributed by atoms with Gasteiger partial charge in [0.2, 0.25) is 11.8 Å². The lowest BCUT2D eigenvalue weighted by molar-refractivity contribution is -0.133. The van der Waals surface area contributed by atoms with Gasteiger partial charge >= 0.3 is 0 Å². The van der Waals surface area contributed by atoms with Gasteiger partial charge in [-0.1, -0.05) is 17.4 Å². The first kappa shape index (κ1) is 15.4. The second-order valence-corrected chi connectivity index (χ2v) is 5.86. The lowest BCUT2D eigenvalue weighted by Crippen LogP contribution is -2.35. The van der Waals surface area contributed by atoms with Crippen LogP contribution in [0.5, 0.6) is 0 Å². The summed E-state index contributed by atoms with van der Waals surface area (Å²) in [5.41, 5.74) is 7.32. The third kappa shape index (κ3) is 3.99. The molecule has 21 heavy (non-hydrogen) atoms. The number of thiazole rings is 1. The van der Waals surface area contributed by atoms with E-state index in [1.165, 1.54) is 16.2 Å². The van der Waals surface area contributed by atoms with Crippen LogP contribution >= 0.6 is 11.3 Å². The maximum atomic E-state index is 11.9. The van der Waals surface area contributed by atoms with Crippen molar-refractivity contribution in [2.75, 3.05) is 25.5 Å². The lowest BCUT2D eigenvalue weighted by atomic mass is 10.2. The highest BCUT2D eigenvalue weighted by Crippen LogP contribution is 2.26. The van der Waals surface area contributed by atoms with Gasteiger partial charge in [-0.25, -0.2) is 4.98 Å². The van der Waals surface area contributed by atoms with E-state index in [0.717, 1.165) is 15.8 Å². The van der Waals surface area contributed by atoms with Crippen molar-refractivity contribution in [1.82, 2.24) is 9.88 Å². The minimum absolute atomic E-state index is 0.00616. The summed E-state index contributed by atoms with van der Waals surface area (Å²) >= 11 is 1.42. The summed E-state index contributed by atoms with van der Waals surface area (Å²) in [6.07, 6.45) is 0.240. The van der Waals surface area contributed by atoms with E-state index in [1.54, 1.807) is 7.05 Å². The highest BCUT2D eigenvalue weighted by atomic mass is 32.1. The van der Waals surface area contributed by atoms with E-state index in [1.807, 2.05) is 25.1 Å². The first-order valence-corrected chi connectivity index (χ1v) is 7.42. The fraction of sp³-hybridized carbons (Fsp3) is 0.357. The van der Waals surface area contributed by atoms with E-state index in [-0.39, 0.29) is 31.3 Å². The van der Waals surface area contributed by atoms with Gasteiger partial charge in [-0.2, -0.15) is 0 Å². The van der Waals surface area contributed by atoms with Crippen molar-refractivity contribution >= 4 is 38.5 Å². The molecule has 1 aromatic heterocycles. The van der Waals surface area contributed by atoms with Crippen molar-refractivity contribution in [2.45, 2.75) is 13.3 Å². The molecule has 0 aliphatic carbocycles. The molecule has 1 aromatic carbocycles. The SMILES string of the molecule is Cc1ccc2nc(NC(=O)CN(C)C(=O)CCN)sc2c1. The Morgan fingerprint density at radius 1 is 1.43 bits per heavy atom. The Kier molecular flexibility index (Phi) is 4.87. The van der Waals surface area contributed by atoms with Crippen LogP contribution in [0.3, 0.4) is 0 Å². The lowest BCUT2D eigenvalue weighted by Gasteiger charge is -2.15. The zero-order valence-corrected chi connectivity index (χ0v) is 12.9. The molecule has 0 unspecified atom stereocenters. The number of fused-ring (bicyclic) bond motifs is 1. The van der Waals surface area contributed by atoms with Crippen LogP contribution in [0.25, 0.3) is 10.2 Å². The Balaban J connectivity index is 1.99. The molecular formula is C14H18N4O2S. The molecule has 0 aliphatic rings. The first-order chi connectivity index (χ1) is 9.99. The van der Waals surface area contributed by atoms with Crippen LogP contribution < -0.4 is 11.1 Å². The monoisotopic (exact) mass is 306 g/mol. The Hall–Kier alpha value is -1.99. The number of rotatable bonds is 5. The number of benzene rings is 1. The molecule has 0 bridgehead atoms. The second-order valence-electron chi connectivity index (χ2n) is 4.83. The molecule has 3 N–H and O–H groups in total. The first-order valence-electron chi connectivity index (χ1n) is 6.60. The fourth-order valence-corrected chi connectivity index (χ4v) is 2.84. The van der Waals surface area contributed by atoms with Gasteiger partial charge in [0.25, 0.3) is 0 Å². The molecule has 0 saturated heterocycles. The third-order valence-corrected chi connectivity index (χ3v) is 3.89. The van der Waals surface area contributed by atoms with Crippen LogP contribution in [0.4, 0.5) is 5.13 Å². The van der Waals surface area contributed by atoms with Crippen LogP contribution in [0.15, 0.2) is 18.2 Å². The standard InChI is InChI=1S/C14H18N4O2S/c1-9-3-4-10-11(7-9)21-14(16-10)17-12(19)8-18(2)13(20)5-6-15/h3-4,7H,5-6,8,15H2,1-2H3,(H,16,17,19). The van der Waals surface area contributed by atoms with Gasteiger partial charge in [0.15, 0.2) is 5.13 Å². The predicted octanol–water partition coefficient (Wildman–Crippen LogP) is 1.35. The number of likely N-dealkylation sites (N-methyl/N-ethyl adjacent to an activating group) is 1. The predicted molar refractivity (Wildman–Crippen MR) is 84.3 cm³/mol. The number of nitrogens with one attached hydrogen (secondary N) is 1. The van der Waals surface area contributed by atoms with Gasteiger partial charge in [0, 0.05) is 20.0 Å². The summed E-state index contributed by atoms with van der Waals surface area (Å²) in [6, 6.07) is 5.93. The maximum Gasteiger partial charge on any atom is 0.245 e. The van der Waals surface area contributed by atoms with Gasteiger partial charge in [-0.3, -0.25) is 9.59 Å². The van der Waals surface area contributed by atoms with Crippen LogP contribution in [-0.4, -0.2) is 41.8 Å². The molecular weight excluding hydrogens is 288 g/mol. The van der Waals surface area contributed by atoms with Crippen molar-refractivity contribution in [2.24, 2.45) is 5.73 Å². The number of hydrogen-bond donors (Lipinski definition) is 2. The van der Waals surface area contributed by atoms with Crippen molar-refractivity contribution in [3.63, 3.8) is 0 Å². The van der Waals surface area contributed by atoms with E-state index in [0.29, 0.717) is 5.13 Å². The number of aromatic nitrogens is 1.